The van der Waals surface area contributed by atoms with E-state index in [2.05, 4.69) is 22.0 Å². The highest BCUT2D eigenvalue weighted by Crippen LogP contribution is 2.31. The van der Waals surface area contributed by atoms with Crippen LogP contribution < -0.4 is 15.0 Å². The Kier molecular flexibility index (Phi) is 6.65. The second kappa shape index (κ2) is 9.01. The molecule has 0 aromatic heterocycles. The molecule has 0 aliphatic carbocycles. The summed E-state index contributed by atoms with van der Waals surface area (Å²) in [4.78, 5) is 17.6. The largest absolute Gasteiger partial charge is 0.478 e. The van der Waals surface area contributed by atoms with Gasteiger partial charge in [-0.2, -0.15) is 0 Å². The van der Waals surface area contributed by atoms with Crippen molar-refractivity contribution in [3.8, 4) is 5.75 Å². The number of rotatable bonds is 6. The highest BCUT2D eigenvalue weighted by Gasteiger charge is 2.31. The number of piperazine rings is 1. The number of hydrogen-bond acceptors (Lipinski definition) is 4. The summed E-state index contributed by atoms with van der Waals surface area (Å²) >= 11 is 6.20. The predicted molar refractivity (Wildman–Crippen MR) is 116 cm³/mol. The van der Waals surface area contributed by atoms with E-state index in [9.17, 15) is 9.18 Å². The van der Waals surface area contributed by atoms with Gasteiger partial charge in [0.2, 0.25) is 0 Å². The number of likely N-dealkylation sites (N-methyl/N-ethyl adjacent to an activating group) is 1. The van der Waals surface area contributed by atoms with Crippen LogP contribution in [0, 0.1) is 5.82 Å². The van der Waals surface area contributed by atoms with Gasteiger partial charge in [-0.05, 0) is 62.9 Å². The van der Waals surface area contributed by atoms with Crippen LogP contribution in [0.5, 0.6) is 5.75 Å². The zero-order chi connectivity index (χ0) is 21.0. The molecule has 0 unspecified atom stereocenters. The van der Waals surface area contributed by atoms with Gasteiger partial charge in [0.05, 0.1) is 11.4 Å². The van der Waals surface area contributed by atoms with Gasteiger partial charge in [0.15, 0.2) is 5.60 Å². The third kappa shape index (κ3) is 5.40. The van der Waals surface area contributed by atoms with E-state index in [1.54, 1.807) is 19.9 Å². The van der Waals surface area contributed by atoms with Crippen LogP contribution in [0.15, 0.2) is 42.5 Å². The number of hydrogen-bond donors (Lipinski definition) is 1. The Bertz CT molecular complexity index is 850. The zero-order valence-corrected chi connectivity index (χ0v) is 17.8. The first-order chi connectivity index (χ1) is 13.8. The van der Waals surface area contributed by atoms with Crippen LogP contribution in [0.1, 0.15) is 20.8 Å². The van der Waals surface area contributed by atoms with E-state index in [-0.39, 0.29) is 11.7 Å². The van der Waals surface area contributed by atoms with Gasteiger partial charge >= 0.3 is 0 Å². The van der Waals surface area contributed by atoms with Crippen molar-refractivity contribution in [1.82, 2.24) is 4.90 Å². The monoisotopic (exact) mass is 419 g/mol. The Morgan fingerprint density at radius 3 is 2.41 bits per heavy atom. The van der Waals surface area contributed by atoms with Crippen molar-refractivity contribution in [2.45, 2.75) is 26.4 Å². The molecule has 5 nitrogen and oxygen atoms in total. The van der Waals surface area contributed by atoms with E-state index in [0.29, 0.717) is 16.5 Å². The Morgan fingerprint density at radius 1 is 1.14 bits per heavy atom. The lowest BCUT2D eigenvalue weighted by Gasteiger charge is -2.36. The van der Waals surface area contributed by atoms with Crippen LogP contribution in [0.3, 0.4) is 0 Å². The van der Waals surface area contributed by atoms with Crippen molar-refractivity contribution in [3.05, 3.63) is 53.3 Å². The topological polar surface area (TPSA) is 44.8 Å². The number of halogens is 2. The smallest absolute Gasteiger partial charge is 0.268 e. The summed E-state index contributed by atoms with van der Waals surface area (Å²) in [6, 6.07) is 11.1. The van der Waals surface area contributed by atoms with E-state index >= 15 is 0 Å². The molecule has 1 saturated heterocycles. The quantitative estimate of drug-likeness (QED) is 0.752. The van der Waals surface area contributed by atoms with Crippen molar-refractivity contribution in [2.75, 3.05) is 42.9 Å². The number of amides is 1. The van der Waals surface area contributed by atoms with Gasteiger partial charge in [-0.3, -0.25) is 4.79 Å². The molecule has 1 heterocycles. The maximum atomic E-state index is 13.1. The molecule has 1 fully saturated rings. The maximum Gasteiger partial charge on any atom is 0.268 e. The lowest BCUT2D eigenvalue weighted by molar-refractivity contribution is -0.128. The Hall–Kier alpha value is -2.31. The molecule has 0 bridgehead atoms. The summed E-state index contributed by atoms with van der Waals surface area (Å²) in [5, 5.41) is 3.52. The molecule has 0 saturated carbocycles. The molecule has 1 amide bonds. The van der Waals surface area contributed by atoms with Crippen molar-refractivity contribution in [3.63, 3.8) is 0 Å². The van der Waals surface area contributed by atoms with Crippen molar-refractivity contribution >= 4 is 28.9 Å². The number of anilines is 2. The molecular formula is C22H27ClFN3O2. The fourth-order valence-electron chi connectivity index (χ4n) is 3.31. The summed E-state index contributed by atoms with van der Waals surface area (Å²) < 4.78 is 18.9. The average Bonchev–Trinajstić information content (AvgIpc) is 2.70. The molecule has 29 heavy (non-hydrogen) atoms. The number of carbonyl (C=O) groups is 1. The van der Waals surface area contributed by atoms with Crippen LogP contribution in [0.25, 0.3) is 0 Å². The van der Waals surface area contributed by atoms with E-state index in [1.807, 2.05) is 12.1 Å². The Labute approximate surface area is 176 Å². The first-order valence-electron chi connectivity index (χ1n) is 9.81. The Balaban J connectivity index is 1.75. The van der Waals surface area contributed by atoms with Crippen LogP contribution in [0.2, 0.25) is 5.02 Å². The van der Waals surface area contributed by atoms with Crippen molar-refractivity contribution in [2.24, 2.45) is 0 Å². The number of nitrogens with one attached hydrogen (secondary N) is 1. The summed E-state index contributed by atoms with van der Waals surface area (Å²) in [6.45, 7) is 10.3. The first kappa shape index (κ1) is 21.4. The van der Waals surface area contributed by atoms with Crippen LogP contribution in [0.4, 0.5) is 15.8 Å². The molecule has 0 atom stereocenters. The lowest BCUT2D eigenvalue weighted by atomic mass is 10.1. The molecular weight excluding hydrogens is 393 g/mol. The summed E-state index contributed by atoms with van der Waals surface area (Å²) in [6.07, 6.45) is 0. The van der Waals surface area contributed by atoms with Gasteiger partial charge in [0.1, 0.15) is 11.6 Å². The van der Waals surface area contributed by atoms with Gasteiger partial charge in [-0.15, -0.1) is 0 Å². The molecule has 1 aliphatic rings. The Morgan fingerprint density at radius 2 is 1.79 bits per heavy atom. The number of ether oxygens (including phenoxy) is 1. The third-order valence-corrected chi connectivity index (χ3v) is 5.34. The van der Waals surface area contributed by atoms with Gasteiger partial charge in [0, 0.05) is 31.2 Å². The second-order valence-corrected chi connectivity index (χ2v) is 8.04. The van der Waals surface area contributed by atoms with Crippen LogP contribution in [-0.4, -0.2) is 49.1 Å². The lowest BCUT2D eigenvalue weighted by Crippen LogP contribution is -2.47. The first-order valence-corrected chi connectivity index (χ1v) is 10.2. The van der Waals surface area contributed by atoms with Gasteiger partial charge in [0.25, 0.3) is 5.91 Å². The minimum absolute atomic E-state index is 0.308. The van der Waals surface area contributed by atoms with Gasteiger partial charge in [-0.1, -0.05) is 18.5 Å². The zero-order valence-electron chi connectivity index (χ0n) is 17.0. The highest BCUT2D eigenvalue weighted by atomic mass is 35.5. The minimum atomic E-state index is -1.15. The summed E-state index contributed by atoms with van der Waals surface area (Å²) in [7, 11) is 0. The molecule has 0 radical (unpaired) electrons. The number of benzene rings is 2. The fourth-order valence-corrected chi connectivity index (χ4v) is 3.48. The van der Waals surface area contributed by atoms with Crippen molar-refractivity contribution < 1.29 is 13.9 Å². The standard InChI is InChI=1S/C22H27ClFN3O2/c1-4-26-11-13-27(14-12-26)20-10-5-16(23)15-19(20)25-21(28)22(2,3)29-18-8-6-17(24)7-9-18/h5-10,15H,4,11-14H2,1-3H3,(H,25,28). The molecule has 156 valence electrons. The van der Waals surface area contributed by atoms with E-state index in [4.69, 9.17) is 16.3 Å². The van der Waals surface area contributed by atoms with Crippen LogP contribution in [-0.2, 0) is 4.79 Å². The van der Waals surface area contributed by atoms with Gasteiger partial charge < -0.3 is 19.9 Å². The predicted octanol–water partition coefficient (Wildman–Crippen LogP) is 4.42. The fraction of sp³-hybridized carbons (Fsp3) is 0.409. The second-order valence-electron chi connectivity index (χ2n) is 7.60. The molecule has 0 spiro atoms. The van der Waals surface area contributed by atoms with Crippen molar-refractivity contribution in [1.29, 1.82) is 0 Å². The maximum absolute atomic E-state index is 13.1. The molecule has 7 heteroatoms. The van der Waals surface area contributed by atoms with E-state index in [1.165, 1.54) is 24.3 Å². The van der Waals surface area contributed by atoms with E-state index in [0.717, 1.165) is 38.4 Å². The molecule has 2 aromatic carbocycles. The summed E-state index contributed by atoms with van der Waals surface area (Å²) in [5.41, 5.74) is 0.442. The highest BCUT2D eigenvalue weighted by molar-refractivity contribution is 6.31. The SMILES string of the molecule is CCN1CCN(c2ccc(Cl)cc2NC(=O)C(C)(C)Oc2ccc(F)cc2)CC1. The van der Waals surface area contributed by atoms with Crippen LogP contribution >= 0.6 is 11.6 Å². The molecule has 3 rings (SSSR count). The molecule has 2 aromatic rings. The summed E-state index contributed by atoms with van der Waals surface area (Å²) in [5.74, 6) is -0.238. The number of nitrogens with zero attached hydrogens (tertiary/aromatic N) is 2. The molecule has 1 aliphatic heterocycles. The van der Waals surface area contributed by atoms with Gasteiger partial charge in [-0.25, -0.2) is 4.39 Å². The number of carbonyl (C=O) groups excluding carboxylic acids is 1. The average molecular weight is 420 g/mol. The van der Waals surface area contributed by atoms with E-state index < -0.39 is 5.60 Å². The minimum Gasteiger partial charge on any atom is -0.478 e. The third-order valence-electron chi connectivity index (χ3n) is 5.10. The normalized spacial score (nSPS) is 15.3. The molecule has 1 N–H and O–H groups in total.